The van der Waals surface area contributed by atoms with E-state index in [9.17, 15) is 33.6 Å². The van der Waals surface area contributed by atoms with Crippen LogP contribution in [-0.2, 0) is 38.2 Å². The molecule has 308 valence electrons. The average Bonchev–Trinajstić information content (AvgIpc) is 3.53. The molecule has 0 aromatic rings. The van der Waals surface area contributed by atoms with Gasteiger partial charge in [0.15, 0.2) is 0 Å². The molecule has 1 saturated heterocycles. The maximum atomic E-state index is 14.0. The topological polar surface area (TPSA) is 201 Å². The summed E-state index contributed by atoms with van der Waals surface area (Å²) in [5.41, 5.74) is -0.460. The van der Waals surface area contributed by atoms with Crippen molar-refractivity contribution in [3.63, 3.8) is 0 Å². The minimum atomic E-state index is -0.989. The van der Waals surface area contributed by atoms with E-state index in [2.05, 4.69) is 26.6 Å². The Hall–Kier alpha value is -4.17. The quantitative estimate of drug-likeness (QED) is 0.0967. The van der Waals surface area contributed by atoms with Crippen LogP contribution in [0, 0.1) is 23.7 Å². The number of methoxy groups -OCH3 is 1. The normalized spacial score (nSPS) is 17.6. The second-order valence-electron chi connectivity index (χ2n) is 16.5. The smallest absolute Gasteiger partial charge is 0.408 e. The zero-order chi connectivity index (χ0) is 41.5. The van der Waals surface area contributed by atoms with E-state index in [0.717, 1.165) is 0 Å². The molecule has 15 nitrogen and oxygen atoms in total. The van der Waals surface area contributed by atoms with Gasteiger partial charge in [0.2, 0.25) is 29.5 Å². The maximum Gasteiger partial charge on any atom is 0.408 e. The van der Waals surface area contributed by atoms with E-state index in [0.29, 0.717) is 44.2 Å². The standard InChI is InChI=1S/C39H68N6O9/c1-14-25(8)32(44-34(48)28(18-22(2)3)42-38(52)54-39(10,11)12)35(49)43-31(24(6)7)36(50)45-17-15-16-27(45)20-26(9)33(47)40-21-30(46)41-29(19-23(4)5)37(51)53-13/h20,22-25,27-29,31-32H,14-19,21H2,1-13H3,(H,40,47)(H,41,46)(H,42,52)(H,43,49)(H,44,48)/b26-20+/t25-,27-,28-,29-,31-,32-/m0/s1. The molecule has 0 spiro atoms. The van der Waals surface area contributed by atoms with E-state index < -0.39 is 71.5 Å². The molecule has 0 saturated carbocycles. The van der Waals surface area contributed by atoms with Gasteiger partial charge in [0.25, 0.3) is 0 Å². The molecule has 1 aliphatic rings. The molecule has 6 atom stereocenters. The van der Waals surface area contributed by atoms with Gasteiger partial charge in [-0.25, -0.2) is 9.59 Å². The molecule has 1 aliphatic heterocycles. The third-order valence-electron chi connectivity index (χ3n) is 9.06. The molecule has 0 bridgehead atoms. The predicted molar refractivity (Wildman–Crippen MR) is 206 cm³/mol. The number of rotatable bonds is 19. The number of ether oxygens (including phenoxy) is 2. The van der Waals surface area contributed by atoms with Gasteiger partial charge in [0.05, 0.1) is 19.7 Å². The van der Waals surface area contributed by atoms with Crippen LogP contribution in [0.15, 0.2) is 11.6 Å². The molecule has 6 amide bonds. The van der Waals surface area contributed by atoms with Crippen LogP contribution in [0.4, 0.5) is 4.79 Å². The molecule has 0 unspecified atom stereocenters. The summed E-state index contributed by atoms with van der Waals surface area (Å²) in [5.74, 6) is -3.41. The van der Waals surface area contributed by atoms with Crippen molar-refractivity contribution >= 4 is 41.6 Å². The molecule has 0 aromatic carbocycles. The van der Waals surface area contributed by atoms with Gasteiger partial charge in [0.1, 0.15) is 29.8 Å². The van der Waals surface area contributed by atoms with Crippen molar-refractivity contribution in [2.24, 2.45) is 23.7 Å². The van der Waals surface area contributed by atoms with Gasteiger partial charge >= 0.3 is 12.1 Å². The molecular formula is C39H68N6O9. The lowest BCUT2D eigenvalue weighted by atomic mass is 9.95. The van der Waals surface area contributed by atoms with E-state index >= 15 is 0 Å². The first-order valence-corrected chi connectivity index (χ1v) is 19.3. The van der Waals surface area contributed by atoms with Crippen LogP contribution in [0.2, 0.25) is 0 Å². The highest BCUT2D eigenvalue weighted by atomic mass is 16.6. The van der Waals surface area contributed by atoms with Gasteiger partial charge in [0, 0.05) is 12.1 Å². The Morgan fingerprint density at radius 2 is 1.39 bits per heavy atom. The number of hydrogen-bond donors (Lipinski definition) is 5. The van der Waals surface area contributed by atoms with Crippen molar-refractivity contribution in [3.8, 4) is 0 Å². The Labute approximate surface area is 322 Å². The Morgan fingerprint density at radius 3 is 1.91 bits per heavy atom. The van der Waals surface area contributed by atoms with Crippen LogP contribution >= 0.6 is 0 Å². The number of esters is 1. The summed E-state index contributed by atoms with van der Waals surface area (Å²) in [5, 5.41) is 13.6. The fraction of sp³-hybridized carbons (Fsp3) is 0.769. The van der Waals surface area contributed by atoms with Crippen molar-refractivity contribution in [3.05, 3.63) is 11.6 Å². The number of nitrogens with one attached hydrogen (secondary N) is 5. The van der Waals surface area contributed by atoms with Crippen LogP contribution in [0.3, 0.4) is 0 Å². The van der Waals surface area contributed by atoms with Crippen molar-refractivity contribution in [1.82, 2.24) is 31.5 Å². The van der Waals surface area contributed by atoms with Crippen molar-refractivity contribution in [1.29, 1.82) is 0 Å². The Bertz CT molecular complexity index is 1340. The highest BCUT2D eigenvalue weighted by Crippen LogP contribution is 2.23. The van der Waals surface area contributed by atoms with E-state index in [1.807, 2.05) is 55.4 Å². The zero-order valence-corrected chi connectivity index (χ0v) is 34.8. The minimum Gasteiger partial charge on any atom is -0.467 e. The molecular weight excluding hydrogens is 696 g/mol. The van der Waals surface area contributed by atoms with Gasteiger partial charge in [-0.15, -0.1) is 0 Å². The average molecular weight is 765 g/mol. The zero-order valence-electron chi connectivity index (χ0n) is 34.8. The van der Waals surface area contributed by atoms with E-state index in [1.165, 1.54) is 7.11 Å². The number of likely N-dealkylation sites (tertiary alicyclic amines) is 1. The lowest BCUT2D eigenvalue weighted by molar-refractivity contribution is -0.145. The van der Waals surface area contributed by atoms with E-state index in [4.69, 9.17) is 9.47 Å². The Morgan fingerprint density at radius 1 is 0.815 bits per heavy atom. The molecule has 54 heavy (non-hydrogen) atoms. The summed E-state index contributed by atoms with van der Waals surface area (Å²) in [6, 6.07) is -4.12. The Kier molecular flexibility index (Phi) is 19.7. The summed E-state index contributed by atoms with van der Waals surface area (Å²) in [7, 11) is 1.24. The first kappa shape index (κ1) is 47.9. The summed E-state index contributed by atoms with van der Waals surface area (Å²) >= 11 is 0. The predicted octanol–water partition coefficient (Wildman–Crippen LogP) is 3.35. The lowest BCUT2D eigenvalue weighted by Gasteiger charge is -2.33. The number of alkyl carbamates (subject to hydrolysis) is 1. The van der Waals surface area contributed by atoms with Crippen LogP contribution < -0.4 is 26.6 Å². The van der Waals surface area contributed by atoms with E-state index in [-0.39, 0.29) is 36.1 Å². The number of amides is 6. The molecule has 1 fully saturated rings. The summed E-state index contributed by atoms with van der Waals surface area (Å²) in [6.07, 6.45) is 3.47. The highest BCUT2D eigenvalue weighted by Gasteiger charge is 2.38. The van der Waals surface area contributed by atoms with E-state index in [1.54, 1.807) is 38.7 Å². The van der Waals surface area contributed by atoms with Gasteiger partial charge in [-0.05, 0) is 77.0 Å². The second-order valence-corrected chi connectivity index (χ2v) is 16.5. The molecule has 0 aliphatic carbocycles. The SMILES string of the molecule is CC[C@H](C)[C@H](NC(=O)[C@H](CC(C)C)NC(=O)OC(C)(C)C)C(=O)N[C@H](C(=O)N1CCC[C@H]1/C=C(\C)C(=O)NCC(=O)N[C@@H](CC(C)C)C(=O)OC)C(C)C. The van der Waals surface area contributed by atoms with Crippen LogP contribution in [0.25, 0.3) is 0 Å². The molecule has 1 rings (SSSR count). The molecule has 15 heteroatoms. The van der Waals surface area contributed by atoms with Crippen LogP contribution in [-0.4, -0.2) is 103 Å². The molecule has 1 heterocycles. The first-order valence-electron chi connectivity index (χ1n) is 19.3. The fourth-order valence-electron chi connectivity index (χ4n) is 6.02. The Balaban J connectivity index is 3.10. The summed E-state index contributed by atoms with van der Waals surface area (Å²) < 4.78 is 10.1. The van der Waals surface area contributed by atoms with Gasteiger partial charge < -0.3 is 41.0 Å². The number of carbonyl (C=O) groups excluding carboxylic acids is 7. The van der Waals surface area contributed by atoms with Crippen molar-refractivity contribution < 1.29 is 43.0 Å². The first-order chi connectivity index (χ1) is 25.0. The number of nitrogens with zero attached hydrogens (tertiary/aromatic N) is 1. The van der Waals surface area contributed by atoms with Gasteiger partial charge in [-0.2, -0.15) is 0 Å². The van der Waals surface area contributed by atoms with Crippen LogP contribution in [0.1, 0.15) is 115 Å². The minimum absolute atomic E-state index is 0.0477. The molecule has 0 radical (unpaired) electrons. The third-order valence-corrected chi connectivity index (χ3v) is 9.06. The van der Waals surface area contributed by atoms with Crippen LogP contribution in [0.5, 0.6) is 0 Å². The maximum absolute atomic E-state index is 14.0. The van der Waals surface area contributed by atoms with Crippen molar-refractivity contribution in [2.45, 2.75) is 151 Å². The number of carbonyl (C=O) groups is 7. The largest absolute Gasteiger partial charge is 0.467 e. The fourth-order valence-corrected chi connectivity index (χ4v) is 6.02. The molecule has 5 N–H and O–H groups in total. The third kappa shape index (κ3) is 16.5. The lowest BCUT2D eigenvalue weighted by Crippen LogP contribution is -2.60. The highest BCUT2D eigenvalue weighted by molar-refractivity contribution is 5.97. The summed E-state index contributed by atoms with van der Waals surface area (Å²) in [4.78, 5) is 93.3. The van der Waals surface area contributed by atoms with Crippen molar-refractivity contribution in [2.75, 3.05) is 20.2 Å². The monoisotopic (exact) mass is 765 g/mol. The second kappa shape index (κ2) is 22.3. The van der Waals surface area contributed by atoms with Gasteiger partial charge in [-0.1, -0.05) is 67.9 Å². The molecule has 0 aromatic heterocycles. The summed E-state index contributed by atoms with van der Waals surface area (Å²) in [6.45, 7) is 21.8. The van der Waals surface area contributed by atoms with Gasteiger partial charge in [-0.3, -0.25) is 24.0 Å². The number of hydrogen-bond acceptors (Lipinski definition) is 9.